The van der Waals surface area contributed by atoms with Crippen molar-refractivity contribution in [3.8, 4) is 17.6 Å². The number of hydrogen-bond donors (Lipinski definition) is 2. The number of piperidine rings is 1. The van der Waals surface area contributed by atoms with E-state index in [0.29, 0.717) is 63.8 Å². The van der Waals surface area contributed by atoms with E-state index in [1.54, 1.807) is 18.3 Å². The largest absolute Gasteiger partial charge is 0.486 e. The molecule has 0 spiro atoms. The first-order valence-electron chi connectivity index (χ1n) is 14.2. The summed E-state index contributed by atoms with van der Waals surface area (Å²) in [5.41, 5.74) is 3.52. The first-order valence-corrected chi connectivity index (χ1v) is 14.6. The van der Waals surface area contributed by atoms with E-state index in [2.05, 4.69) is 48.9 Å². The Morgan fingerprint density at radius 2 is 2.00 bits per heavy atom. The van der Waals surface area contributed by atoms with Crippen molar-refractivity contribution >= 4 is 45.6 Å². The second-order valence-electron chi connectivity index (χ2n) is 11.0. The van der Waals surface area contributed by atoms with Gasteiger partial charge in [-0.25, -0.2) is 9.97 Å². The molecule has 0 bridgehead atoms. The average Bonchev–Trinajstić information content (AvgIpc) is 3.44. The predicted molar refractivity (Wildman–Crippen MR) is 165 cm³/mol. The number of pyridine rings is 1. The van der Waals surface area contributed by atoms with Gasteiger partial charge in [-0.15, -0.1) is 0 Å². The minimum atomic E-state index is -0.316. The Labute approximate surface area is 254 Å². The minimum absolute atomic E-state index is 0.310. The molecule has 3 atom stereocenters. The number of carbonyl (C=O) groups is 1. The number of anilines is 3. The number of nitrogens with one attached hydrogen (secondary N) is 2. The van der Waals surface area contributed by atoms with Crippen LogP contribution in [0.4, 0.5) is 17.2 Å². The molecule has 10 heteroatoms. The zero-order valence-corrected chi connectivity index (χ0v) is 24.1. The van der Waals surface area contributed by atoms with E-state index in [9.17, 15) is 4.79 Å². The highest BCUT2D eigenvalue weighted by molar-refractivity contribution is 6.32. The molecule has 2 aromatic heterocycles. The summed E-state index contributed by atoms with van der Waals surface area (Å²) in [5, 5.41) is 7.41. The summed E-state index contributed by atoms with van der Waals surface area (Å²) in [6, 6.07) is 15.4. The normalized spacial score (nSPS) is 20.8. The molecule has 1 aliphatic carbocycles. The number of likely N-dealkylation sites (tertiary alicyclic amines) is 1. The maximum Gasteiger partial charge on any atom is 0.247 e. The maximum absolute atomic E-state index is 12.3. The Kier molecular flexibility index (Phi) is 7.41. The summed E-state index contributed by atoms with van der Waals surface area (Å²) in [6.07, 6.45) is 4.46. The standard InChI is InChI=1S/C33H29ClN6O3/c1-2-32(41)39-29-13-25-30(11-20(29)6-8-24-26-14-40(15-27(24)26)23-17-42-18-23)36-19-37-33(25)38-21-7-9-31(28(34)12-21)43-16-22-5-3-4-10-35-22/h2-5,7,9-13,19,23-24,26-27H,1,14-18H2,(H,39,41)(H,36,37,38)/t24?,26-,27+. The van der Waals surface area contributed by atoms with Crippen LogP contribution < -0.4 is 15.4 Å². The second kappa shape index (κ2) is 11.7. The highest BCUT2D eigenvalue weighted by Crippen LogP contribution is 2.52. The Balaban J connectivity index is 1.11. The summed E-state index contributed by atoms with van der Waals surface area (Å²) in [6.45, 7) is 7.76. The first-order chi connectivity index (χ1) is 21.1. The van der Waals surface area contributed by atoms with Crippen LogP contribution in [-0.4, -0.2) is 58.1 Å². The number of benzene rings is 2. The van der Waals surface area contributed by atoms with Gasteiger partial charge in [0.2, 0.25) is 5.91 Å². The van der Waals surface area contributed by atoms with Crippen molar-refractivity contribution in [3.05, 3.63) is 90.0 Å². The number of ether oxygens (including phenoxy) is 2. The lowest BCUT2D eigenvalue weighted by molar-refractivity contribution is -0.111. The number of hydrogen-bond acceptors (Lipinski definition) is 8. The number of carbonyl (C=O) groups excluding carboxylic acids is 1. The predicted octanol–water partition coefficient (Wildman–Crippen LogP) is 5.05. The third-order valence-corrected chi connectivity index (χ3v) is 8.54. The number of nitrogens with zero attached hydrogens (tertiary/aromatic N) is 4. The summed E-state index contributed by atoms with van der Waals surface area (Å²) in [5.74, 6) is 9.21. The Morgan fingerprint density at radius 3 is 2.72 bits per heavy atom. The van der Waals surface area contributed by atoms with Crippen LogP contribution in [0.2, 0.25) is 5.02 Å². The topological polar surface area (TPSA) is 102 Å². The molecule has 0 radical (unpaired) electrons. The summed E-state index contributed by atoms with van der Waals surface area (Å²) in [4.78, 5) is 28.1. The third-order valence-electron chi connectivity index (χ3n) is 8.25. The zero-order chi connectivity index (χ0) is 29.3. The number of aromatic nitrogens is 3. The molecule has 43 heavy (non-hydrogen) atoms. The lowest BCUT2D eigenvalue weighted by Crippen LogP contribution is -2.48. The van der Waals surface area contributed by atoms with Gasteiger partial charge in [-0.05, 0) is 60.4 Å². The van der Waals surface area contributed by atoms with Crippen molar-refractivity contribution in [1.29, 1.82) is 0 Å². The van der Waals surface area contributed by atoms with Gasteiger partial charge in [0.15, 0.2) is 0 Å². The molecule has 2 aliphatic heterocycles. The number of fused-ring (bicyclic) bond motifs is 2. The van der Waals surface area contributed by atoms with Crippen molar-refractivity contribution in [3.63, 3.8) is 0 Å². The Bertz CT molecular complexity index is 1760. The molecule has 9 nitrogen and oxygen atoms in total. The van der Waals surface area contributed by atoms with Crippen LogP contribution in [0.3, 0.4) is 0 Å². The van der Waals surface area contributed by atoms with Crippen LogP contribution in [0.25, 0.3) is 10.9 Å². The van der Waals surface area contributed by atoms with Gasteiger partial charge in [0.05, 0.1) is 46.7 Å². The molecular formula is C33H29ClN6O3. The van der Waals surface area contributed by atoms with E-state index in [1.807, 2.05) is 36.4 Å². The van der Waals surface area contributed by atoms with Gasteiger partial charge in [-0.3, -0.25) is 14.7 Å². The molecule has 3 fully saturated rings. The van der Waals surface area contributed by atoms with E-state index >= 15 is 0 Å². The molecule has 2 N–H and O–H groups in total. The lowest BCUT2D eigenvalue weighted by atomic mass is 10.1. The highest BCUT2D eigenvalue weighted by atomic mass is 35.5. The van der Waals surface area contributed by atoms with Crippen molar-refractivity contribution in [1.82, 2.24) is 19.9 Å². The van der Waals surface area contributed by atoms with Gasteiger partial charge in [-0.2, -0.15) is 0 Å². The van der Waals surface area contributed by atoms with Gasteiger partial charge in [-0.1, -0.05) is 36.1 Å². The molecule has 2 aromatic carbocycles. The summed E-state index contributed by atoms with van der Waals surface area (Å²) >= 11 is 6.54. The van der Waals surface area contributed by atoms with Crippen molar-refractivity contribution < 1.29 is 14.3 Å². The molecule has 3 aliphatic rings. The second-order valence-corrected chi connectivity index (χ2v) is 11.4. The first kappa shape index (κ1) is 27.3. The number of rotatable bonds is 8. The van der Waals surface area contributed by atoms with Crippen LogP contribution in [0.15, 0.2) is 73.7 Å². The fourth-order valence-corrected chi connectivity index (χ4v) is 5.96. The van der Waals surface area contributed by atoms with E-state index in [0.717, 1.165) is 43.1 Å². The fourth-order valence-electron chi connectivity index (χ4n) is 5.73. The molecule has 1 unspecified atom stereocenters. The number of amides is 1. The Hall–Kier alpha value is -4.49. The van der Waals surface area contributed by atoms with E-state index in [4.69, 9.17) is 21.1 Å². The van der Waals surface area contributed by atoms with Gasteiger partial charge < -0.3 is 20.1 Å². The van der Waals surface area contributed by atoms with Crippen LogP contribution >= 0.6 is 11.6 Å². The zero-order valence-electron chi connectivity index (χ0n) is 23.3. The molecule has 1 amide bonds. The average molecular weight is 593 g/mol. The van der Waals surface area contributed by atoms with Gasteiger partial charge in [0.1, 0.15) is 24.5 Å². The molecule has 2 saturated heterocycles. The SMILES string of the molecule is C=CC(=O)Nc1cc2c(Nc3ccc(OCc4ccccn4)c(Cl)c3)ncnc2cc1C#CC1[C@H]2CN(C3COC3)C[C@@H]12. The van der Waals surface area contributed by atoms with Crippen LogP contribution in [0, 0.1) is 29.6 Å². The molecule has 1 saturated carbocycles. The van der Waals surface area contributed by atoms with Gasteiger partial charge in [0.25, 0.3) is 0 Å². The fraction of sp³-hybridized carbons (Fsp3) is 0.273. The highest BCUT2D eigenvalue weighted by Gasteiger charge is 2.56. The summed E-state index contributed by atoms with van der Waals surface area (Å²) < 4.78 is 11.2. The molecule has 4 aromatic rings. The van der Waals surface area contributed by atoms with Crippen molar-refractivity contribution in [2.75, 3.05) is 36.9 Å². The molecule has 7 rings (SSSR count). The third kappa shape index (κ3) is 5.77. The van der Waals surface area contributed by atoms with Crippen molar-refractivity contribution in [2.24, 2.45) is 17.8 Å². The van der Waals surface area contributed by atoms with Crippen LogP contribution in [0.5, 0.6) is 5.75 Å². The van der Waals surface area contributed by atoms with Crippen LogP contribution in [0.1, 0.15) is 11.3 Å². The van der Waals surface area contributed by atoms with Gasteiger partial charge in [0, 0.05) is 36.3 Å². The molecule has 4 heterocycles. The number of halogens is 1. The molecule has 216 valence electrons. The smallest absolute Gasteiger partial charge is 0.247 e. The van der Waals surface area contributed by atoms with E-state index in [1.165, 1.54) is 12.4 Å². The summed E-state index contributed by atoms with van der Waals surface area (Å²) in [7, 11) is 0. The monoisotopic (exact) mass is 592 g/mol. The quantitative estimate of drug-likeness (QED) is 0.216. The minimum Gasteiger partial charge on any atom is -0.486 e. The van der Waals surface area contributed by atoms with Crippen molar-refractivity contribution in [2.45, 2.75) is 12.6 Å². The Morgan fingerprint density at radius 1 is 1.14 bits per heavy atom. The van der Waals surface area contributed by atoms with Gasteiger partial charge >= 0.3 is 0 Å². The maximum atomic E-state index is 12.3. The van der Waals surface area contributed by atoms with E-state index in [-0.39, 0.29) is 5.91 Å². The lowest BCUT2D eigenvalue weighted by Gasteiger charge is -2.35. The van der Waals surface area contributed by atoms with E-state index < -0.39 is 0 Å². The van der Waals surface area contributed by atoms with Crippen LogP contribution in [-0.2, 0) is 16.1 Å². The molecular weight excluding hydrogens is 564 g/mol.